The number of aryl methyl sites for hydroxylation is 2. The maximum absolute atomic E-state index is 9.63. The number of aliphatic hydroxyl groups is 1. The monoisotopic (exact) mass is 264 g/mol. The van der Waals surface area contributed by atoms with Gasteiger partial charge >= 0.3 is 0 Å². The summed E-state index contributed by atoms with van der Waals surface area (Å²) in [6.07, 6.45) is 2.62. The first kappa shape index (κ1) is 12.9. The van der Waals surface area contributed by atoms with Gasteiger partial charge in [-0.15, -0.1) is 0 Å². The lowest BCUT2D eigenvalue weighted by Gasteiger charge is -2.43. The van der Waals surface area contributed by atoms with Crippen LogP contribution < -0.4 is 4.90 Å². The van der Waals surface area contributed by atoms with Crippen molar-refractivity contribution in [1.29, 1.82) is 0 Å². The fraction of sp³-hybridized carbons (Fsp3) is 0.786. The largest absolute Gasteiger partial charge is 0.391 e. The Kier molecular flexibility index (Phi) is 3.27. The Morgan fingerprint density at radius 2 is 2.16 bits per heavy atom. The molecule has 0 radical (unpaired) electrons. The van der Waals surface area contributed by atoms with Crippen molar-refractivity contribution in [2.45, 2.75) is 45.4 Å². The lowest BCUT2D eigenvalue weighted by molar-refractivity contribution is 0.200. The number of piperazine rings is 1. The molecule has 0 aromatic carbocycles. The van der Waals surface area contributed by atoms with Gasteiger partial charge in [-0.1, -0.05) is 0 Å². The van der Waals surface area contributed by atoms with Gasteiger partial charge in [-0.3, -0.25) is 9.58 Å². The minimum absolute atomic E-state index is 0.0760. The van der Waals surface area contributed by atoms with Crippen LogP contribution in [0.2, 0.25) is 0 Å². The van der Waals surface area contributed by atoms with Gasteiger partial charge in [0, 0.05) is 37.8 Å². The van der Waals surface area contributed by atoms with Crippen LogP contribution in [-0.4, -0.2) is 51.5 Å². The molecule has 3 heterocycles. The third kappa shape index (κ3) is 2.05. The van der Waals surface area contributed by atoms with Crippen LogP contribution in [0.5, 0.6) is 0 Å². The summed E-state index contributed by atoms with van der Waals surface area (Å²) in [5.74, 6) is 1.11. The summed E-state index contributed by atoms with van der Waals surface area (Å²) < 4.78 is 1.93. The van der Waals surface area contributed by atoms with Gasteiger partial charge in [-0.2, -0.15) is 5.10 Å². The van der Waals surface area contributed by atoms with E-state index in [0.717, 1.165) is 30.2 Å². The van der Waals surface area contributed by atoms with Crippen LogP contribution in [0.1, 0.15) is 31.0 Å². The highest BCUT2D eigenvalue weighted by atomic mass is 16.3. The molecule has 1 N–H and O–H groups in total. The Bertz CT molecular complexity index is 470. The second kappa shape index (κ2) is 4.80. The molecular formula is C14H24N4O. The minimum atomic E-state index is 0.0760. The van der Waals surface area contributed by atoms with E-state index in [1.54, 1.807) is 0 Å². The summed E-state index contributed by atoms with van der Waals surface area (Å²) in [5, 5.41) is 14.1. The summed E-state index contributed by atoms with van der Waals surface area (Å²) in [6, 6.07) is 1.16. The van der Waals surface area contributed by atoms with E-state index in [1.807, 2.05) is 18.7 Å². The highest BCUT2D eigenvalue weighted by Crippen LogP contribution is 2.31. The number of rotatable bonds is 2. The van der Waals surface area contributed by atoms with E-state index in [-0.39, 0.29) is 6.61 Å². The summed E-state index contributed by atoms with van der Waals surface area (Å²) in [7, 11) is 1.98. The van der Waals surface area contributed by atoms with Crippen molar-refractivity contribution >= 4 is 5.82 Å². The second-order valence-electron chi connectivity index (χ2n) is 5.96. The van der Waals surface area contributed by atoms with E-state index < -0.39 is 0 Å². The quantitative estimate of drug-likeness (QED) is 0.862. The molecule has 0 bridgehead atoms. The van der Waals surface area contributed by atoms with E-state index in [0.29, 0.717) is 12.1 Å². The van der Waals surface area contributed by atoms with Gasteiger partial charge in [-0.05, 0) is 33.2 Å². The van der Waals surface area contributed by atoms with Crippen LogP contribution in [0.4, 0.5) is 5.82 Å². The fourth-order valence-corrected chi connectivity index (χ4v) is 3.72. The van der Waals surface area contributed by atoms with Crippen LogP contribution in [0.25, 0.3) is 0 Å². The van der Waals surface area contributed by atoms with E-state index in [1.165, 1.54) is 19.4 Å². The van der Waals surface area contributed by atoms with Crippen LogP contribution in [0.3, 0.4) is 0 Å². The van der Waals surface area contributed by atoms with Crippen LogP contribution in [0.15, 0.2) is 0 Å². The molecule has 5 heteroatoms. The topological polar surface area (TPSA) is 44.5 Å². The molecule has 2 aliphatic rings. The van der Waals surface area contributed by atoms with E-state index in [9.17, 15) is 5.11 Å². The Morgan fingerprint density at radius 3 is 2.89 bits per heavy atom. The fourth-order valence-electron chi connectivity index (χ4n) is 3.72. The van der Waals surface area contributed by atoms with Crippen LogP contribution >= 0.6 is 0 Å². The van der Waals surface area contributed by atoms with Crippen molar-refractivity contribution in [1.82, 2.24) is 14.7 Å². The second-order valence-corrected chi connectivity index (χ2v) is 5.96. The van der Waals surface area contributed by atoms with E-state index >= 15 is 0 Å². The maximum atomic E-state index is 9.63. The van der Waals surface area contributed by atoms with E-state index in [2.05, 4.69) is 21.8 Å². The average Bonchev–Trinajstić information content (AvgIpc) is 2.91. The van der Waals surface area contributed by atoms with Gasteiger partial charge in [0.25, 0.3) is 0 Å². The van der Waals surface area contributed by atoms with Crippen molar-refractivity contribution in [2.24, 2.45) is 7.05 Å². The van der Waals surface area contributed by atoms with Gasteiger partial charge in [0.05, 0.1) is 12.3 Å². The highest BCUT2D eigenvalue weighted by Gasteiger charge is 2.36. The molecule has 3 rings (SSSR count). The predicted molar refractivity (Wildman–Crippen MR) is 75.3 cm³/mol. The number of aliphatic hydroxyl groups excluding tert-OH is 1. The minimum Gasteiger partial charge on any atom is -0.391 e. The summed E-state index contributed by atoms with van der Waals surface area (Å²) in [4.78, 5) is 5.06. The van der Waals surface area contributed by atoms with Gasteiger partial charge in [0.15, 0.2) is 0 Å². The number of nitrogens with zero attached hydrogens (tertiary/aromatic N) is 4. The van der Waals surface area contributed by atoms with Crippen molar-refractivity contribution in [3.05, 3.63) is 11.3 Å². The first-order valence-electron chi connectivity index (χ1n) is 7.25. The van der Waals surface area contributed by atoms with Gasteiger partial charge < -0.3 is 10.0 Å². The van der Waals surface area contributed by atoms with Gasteiger partial charge in [0.1, 0.15) is 5.82 Å². The van der Waals surface area contributed by atoms with Crippen LogP contribution in [-0.2, 0) is 13.7 Å². The average molecular weight is 264 g/mol. The van der Waals surface area contributed by atoms with Gasteiger partial charge in [-0.25, -0.2) is 0 Å². The molecule has 106 valence electrons. The smallest absolute Gasteiger partial charge is 0.132 e. The SMILES string of the molecule is Cc1nn(C)c(N2CC3CCCN3CC2C)c1CO. The molecule has 0 spiro atoms. The zero-order valence-corrected chi connectivity index (χ0v) is 12.1. The first-order valence-corrected chi connectivity index (χ1v) is 7.25. The molecule has 2 atom stereocenters. The molecule has 1 aromatic rings. The summed E-state index contributed by atoms with van der Waals surface area (Å²) >= 11 is 0. The molecular weight excluding hydrogens is 240 g/mol. The molecule has 2 saturated heterocycles. The van der Waals surface area contributed by atoms with Crippen molar-refractivity contribution in [3.63, 3.8) is 0 Å². The van der Waals surface area contributed by atoms with E-state index in [4.69, 9.17) is 0 Å². The Hall–Kier alpha value is -1.07. The lowest BCUT2D eigenvalue weighted by atomic mass is 10.1. The Morgan fingerprint density at radius 1 is 1.37 bits per heavy atom. The standard InChI is InChI=1S/C14H24N4O/c1-10-7-17-6-4-5-12(17)8-18(10)14-13(9-19)11(2)15-16(14)3/h10,12,19H,4-9H2,1-3H3. The number of fused-ring (bicyclic) bond motifs is 1. The predicted octanol–water partition coefficient (Wildman–Crippen LogP) is 0.894. The highest BCUT2D eigenvalue weighted by molar-refractivity contribution is 5.51. The molecule has 5 nitrogen and oxygen atoms in total. The molecule has 1 aromatic heterocycles. The molecule has 0 saturated carbocycles. The maximum Gasteiger partial charge on any atom is 0.132 e. The Labute approximate surface area is 114 Å². The molecule has 19 heavy (non-hydrogen) atoms. The van der Waals surface area contributed by atoms with Crippen LogP contribution in [0, 0.1) is 6.92 Å². The normalized spacial score (nSPS) is 27.9. The zero-order valence-electron chi connectivity index (χ0n) is 12.1. The van der Waals surface area contributed by atoms with Gasteiger partial charge in [0.2, 0.25) is 0 Å². The summed E-state index contributed by atoms with van der Waals surface area (Å²) in [5.41, 5.74) is 1.93. The molecule has 2 fully saturated rings. The van der Waals surface area contributed by atoms with Crippen molar-refractivity contribution in [2.75, 3.05) is 24.5 Å². The number of anilines is 1. The molecule has 2 aliphatic heterocycles. The lowest BCUT2D eigenvalue weighted by Crippen LogP contribution is -2.55. The third-order valence-corrected chi connectivity index (χ3v) is 4.68. The zero-order chi connectivity index (χ0) is 13.6. The molecule has 0 aliphatic carbocycles. The number of hydrogen-bond acceptors (Lipinski definition) is 4. The summed E-state index contributed by atoms with van der Waals surface area (Å²) in [6.45, 7) is 7.77. The first-order chi connectivity index (χ1) is 9.11. The number of hydrogen-bond donors (Lipinski definition) is 1. The Balaban J connectivity index is 1.93. The van der Waals surface area contributed by atoms with Crippen molar-refractivity contribution < 1.29 is 5.11 Å². The number of aromatic nitrogens is 2. The molecule has 2 unspecified atom stereocenters. The molecule has 0 amide bonds. The van der Waals surface area contributed by atoms with Crippen molar-refractivity contribution in [3.8, 4) is 0 Å². The third-order valence-electron chi connectivity index (χ3n) is 4.68.